The number of hydrogen-bond acceptors (Lipinski definition) is 3. The van der Waals surface area contributed by atoms with Gasteiger partial charge in [0.05, 0.1) is 21.0 Å². The maximum absolute atomic E-state index is 13.0. The van der Waals surface area contributed by atoms with Gasteiger partial charge in [-0.3, -0.25) is 9.52 Å². The second-order valence-electron chi connectivity index (χ2n) is 6.26. The molecule has 0 aliphatic heterocycles. The summed E-state index contributed by atoms with van der Waals surface area (Å²) >= 11 is 7.58. The highest BCUT2D eigenvalue weighted by Crippen LogP contribution is 2.36. The molecule has 0 radical (unpaired) electrons. The number of carbonyl (C=O) groups is 1. The summed E-state index contributed by atoms with van der Waals surface area (Å²) in [4.78, 5) is 12.2. The fourth-order valence-electron chi connectivity index (χ4n) is 2.58. The van der Waals surface area contributed by atoms with Crippen LogP contribution in [0.1, 0.15) is 15.9 Å². The number of halogens is 5. The molecule has 3 rings (SSSR count). The van der Waals surface area contributed by atoms with Crippen LogP contribution in [0, 0.1) is 3.57 Å². The highest BCUT2D eigenvalue weighted by atomic mass is 127. The zero-order valence-electron chi connectivity index (χ0n) is 15.4. The first kappa shape index (κ1) is 23.4. The van der Waals surface area contributed by atoms with Gasteiger partial charge in [-0.2, -0.15) is 13.2 Å². The molecule has 0 aromatic heterocycles. The van der Waals surface area contributed by atoms with Crippen molar-refractivity contribution in [3.05, 3.63) is 86.4 Å². The van der Waals surface area contributed by atoms with Crippen molar-refractivity contribution in [2.24, 2.45) is 0 Å². The first-order valence-corrected chi connectivity index (χ1v) is 11.5. The van der Waals surface area contributed by atoms with Crippen LogP contribution in [0.5, 0.6) is 0 Å². The lowest BCUT2D eigenvalue weighted by molar-refractivity contribution is -0.137. The Labute approximate surface area is 194 Å². The molecule has 5 nitrogen and oxygen atoms in total. The summed E-state index contributed by atoms with van der Waals surface area (Å²) in [6.07, 6.45) is -4.73. The third-order valence-electron chi connectivity index (χ3n) is 4.06. The van der Waals surface area contributed by atoms with Gasteiger partial charge in [0.25, 0.3) is 15.9 Å². The molecule has 3 aromatic rings. The number of nitrogens with one attached hydrogen (secondary N) is 2. The monoisotopic (exact) mass is 580 g/mol. The predicted octanol–water partition coefficient (Wildman–Crippen LogP) is 6.02. The zero-order chi connectivity index (χ0) is 22.8. The molecule has 0 aliphatic carbocycles. The molecule has 0 aliphatic rings. The lowest BCUT2D eigenvalue weighted by Gasteiger charge is -2.13. The highest BCUT2D eigenvalue weighted by molar-refractivity contribution is 14.1. The number of sulfonamides is 1. The number of anilines is 2. The maximum atomic E-state index is 13.0. The van der Waals surface area contributed by atoms with Crippen LogP contribution in [-0.4, -0.2) is 14.3 Å². The number of carbonyl (C=O) groups excluding carboxylic acids is 1. The third kappa shape index (κ3) is 5.69. The SMILES string of the molecule is O=C(Nc1ccc(S(=O)(=O)Nc2ccc(Cl)c(C(F)(F)F)c2)cc1)c1ccccc1I. The fraction of sp³-hybridized carbons (Fsp3) is 0.0500. The minimum Gasteiger partial charge on any atom is -0.322 e. The molecule has 0 saturated heterocycles. The van der Waals surface area contributed by atoms with Crippen LogP contribution in [-0.2, 0) is 16.2 Å². The van der Waals surface area contributed by atoms with Gasteiger partial charge in [0.2, 0.25) is 0 Å². The van der Waals surface area contributed by atoms with E-state index in [0.29, 0.717) is 17.3 Å². The standard InChI is InChI=1S/C20H13ClF3IN2O3S/c21-17-10-7-13(11-16(17)20(22,23)24)27-31(29,30)14-8-5-12(6-9-14)26-19(28)15-3-1-2-4-18(15)25/h1-11,27H,(H,26,28). The minimum atomic E-state index is -4.73. The minimum absolute atomic E-state index is 0.191. The second kappa shape index (κ2) is 9.05. The molecule has 3 aromatic carbocycles. The Morgan fingerprint density at radius 3 is 2.16 bits per heavy atom. The molecule has 0 spiro atoms. The Morgan fingerprint density at radius 1 is 0.935 bits per heavy atom. The van der Waals surface area contributed by atoms with E-state index in [1.54, 1.807) is 24.3 Å². The van der Waals surface area contributed by atoms with Gasteiger partial charge >= 0.3 is 6.18 Å². The van der Waals surface area contributed by atoms with E-state index in [4.69, 9.17) is 11.6 Å². The Morgan fingerprint density at radius 2 is 1.55 bits per heavy atom. The molecule has 0 atom stereocenters. The van der Waals surface area contributed by atoms with Gasteiger partial charge in [-0.05, 0) is 77.2 Å². The Balaban J connectivity index is 1.77. The second-order valence-corrected chi connectivity index (χ2v) is 9.51. The van der Waals surface area contributed by atoms with Crippen LogP contribution in [0.2, 0.25) is 5.02 Å². The lowest BCUT2D eigenvalue weighted by Crippen LogP contribution is -2.15. The van der Waals surface area contributed by atoms with Crippen LogP contribution < -0.4 is 10.0 Å². The van der Waals surface area contributed by atoms with Crippen LogP contribution in [0.15, 0.2) is 71.6 Å². The topological polar surface area (TPSA) is 75.3 Å². The number of amides is 1. The van der Waals surface area contributed by atoms with Crippen molar-refractivity contribution >= 4 is 61.5 Å². The van der Waals surface area contributed by atoms with Gasteiger partial charge in [-0.25, -0.2) is 8.42 Å². The summed E-state index contributed by atoms with van der Waals surface area (Å²) in [7, 11) is -4.17. The Bertz CT molecular complexity index is 1230. The van der Waals surface area contributed by atoms with Gasteiger partial charge in [0, 0.05) is 14.9 Å². The number of rotatable bonds is 5. The average molecular weight is 581 g/mol. The first-order chi connectivity index (χ1) is 14.5. The van der Waals surface area contributed by atoms with Crippen molar-refractivity contribution in [1.82, 2.24) is 0 Å². The molecule has 0 fully saturated rings. The van der Waals surface area contributed by atoms with Crippen LogP contribution >= 0.6 is 34.2 Å². The normalized spacial score (nSPS) is 11.8. The van der Waals surface area contributed by atoms with Crippen molar-refractivity contribution in [2.75, 3.05) is 10.0 Å². The summed E-state index contributed by atoms with van der Waals surface area (Å²) in [5, 5.41) is 2.12. The van der Waals surface area contributed by atoms with E-state index >= 15 is 0 Å². The van der Waals surface area contributed by atoms with Crippen molar-refractivity contribution in [3.63, 3.8) is 0 Å². The van der Waals surface area contributed by atoms with Crippen molar-refractivity contribution < 1.29 is 26.4 Å². The molecule has 31 heavy (non-hydrogen) atoms. The number of alkyl halides is 3. The average Bonchev–Trinajstić information content (AvgIpc) is 2.69. The van der Waals surface area contributed by atoms with E-state index in [0.717, 1.165) is 15.7 Å². The van der Waals surface area contributed by atoms with E-state index < -0.39 is 26.8 Å². The maximum Gasteiger partial charge on any atom is 0.417 e. The highest BCUT2D eigenvalue weighted by Gasteiger charge is 2.33. The number of hydrogen-bond donors (Lipinski definition) is 2. The van der Waals surface area contributed by atoms with E-state index in [-0.39, 0.29) is 16.5 Å². The van der Waals surface area contributed by atoms with E-state index in [1.165, 1.54) is 24.3 Å². The van der Waals surface area contributed by atoms with Crippen LogP contribution in [0.25, 0.3) is 0 Å². The third-order valence-corrected chi connectivity index (χ3v) is 6.73. The Hall–Kier alpha value is -2.31. The molecule has 11 heteroatoms. The Kier molecular flexibility index (Phi) is 6.82. The van der Waals surface area contributed by atoms with Gasteiger partial charge in [0.15, 0.2) is 0 Å². The lowest BCUT2D eigenvalue weighted by atomic mass is 10.2. The molecular weight excluding hydrogens is 568 g/mol. The molecule has 2 N–H and O–H groups in total. The summed E-state index contributed by atoms with van der Waals surface area (Å²) in [6, 6.07) is 14.9. The van der Waals surface area contributed by atoms with Gasteiger partial charge < -0.3 is 5.32 Å². The summed E-state index contributed by atoms with van der Waals surface area (Å²) in [5.41, 5.74) is -0.616. The molecule has 0 bridgehead atoms. The predicted molar refractivity (Wildman–Crippen MR) is 121 cm³/mol. The van der Waals surface area contributed by atoms with Crippen LogP contribution in [0.3, 0.4) is 0 Å². The quantitative estimate of drug-likeness (QED) is 0.363. The van der Waals surface area contributed by atoms with Crippen molar-refractivity contribution in [1.29, 1.82) is 0 Å². The first-order valence-electron chi connectivity index (χ1n) is 8.53. The van der Waals surface area contributed by atoms with Gasteiger partial charge in [-0.1, -0.05) is 23.7 Å². The van der Waals surface area contributed by atoms with Crippen molar-refractivity contribution in [2.45, 2.75) is 11.1 Å². The summed E-state index contributed by atoms with van der Waals surface area (Å²) in [5.74, 6) is -0.362. The van der Waals surface area contributed by atoms with Crippen molar-refractivity contribution in [3.8, 4) is 0 Å². The molecule has 0 unspecified atom stereocenters. The van der Waals surface area contributed by atoms with E-state index in [1.807, 2.05) is 22.6 Å². The summed E-state index contributed by atoms with van der Waals surface area (Å²) in [6.45, 7) is 0. The molecule has 0 heterocycles. The zero-order valence-corrected chi connectivity index (χ0v) is 19.1. The molecular formula is C20H13ClF3IN2O3S. The molecule has 1 amide bonds. The smallest absolute Gasteiger partial charge is 0.322 e. The van der Waals surface area contributed by atoms with E-state index in [9.17, 15) is 26.4 Å². The van der Waals surface area contributed by atoms with Crippen LogP contribution in [0.4, 0.5) is 24.5 Å². The van der Waals surface area contributed by atoms with E-state index in [2.05, 4.69) is 10.0 Å². The fourth-order valence-corrected chi connectivity index (χ4v) is 4.49. The largest absolute Gasteiger partial charge is 0.417 e. The number of benzene rings is 3. The molecule has 162 valence electrons. The summed E-state index contributed by atoms with van der Waals surface area (Å²) < 4.78 is 66.9. The van der Waals surface area contributed by atoms with Gasteiger partial charge in [-0.15, -0.1) is 0 Å². The van der Waals surface area contributed by atoms with Gasteiger partial charge in [0.1, 0.15) is 0 Å². The molecule has 0 saturated carbocycles.